The molecule has 0 fully saturated rings. The molecule has 1 aliphatic rings. The molecule has 2 amide bonds. The second-order valence-electron chi connectivity index (χ2n) is 5.66. The Morgan fingerprint density at radius 3 is 2.88 bits per heavy atom. The van der Waals surface area contributed by atoms with Gasteiger partial charge in [-0.3, -0.25) is 9.59 Å². The number of hydrogen-bond donors (Lipinski definition) is 2. The van der Waals surface area contributed by atoms with Crippen molar-refractivity contribution in [1.82, 2.24) is 0 Å². The van der Waals surface area contributed by atoms with E-state index in [0.29, 0.717) is 30.0 Å². The van der Waals surface area contributed by atoms with Gasteiger partial charge in [-0.1, -0.05) is 12.1 Å². The summed E-state index contributed by atoms with van der Waals surface area (Å²) >= 11 is 0. The highest BCUT2D eigenvalue weighted by molar-refractivity contribution is 6.05. The number of para-hydroxylation sites is 2. The van der Waals surface area contributed by atoms with Gasteiger partial charge in [-0.05, 0) is 55.7 Å². The summed E-state index contributed by atoms with van der Waals surface area (Å²) in [4.78, 5) is 24.2. The number of anilines is 2. The van der Waals surface area contributed by atoms with E-state index in [-0.39, 0.29) is 11.8 Å². The molecule has 0 saturated carbocycles. The molecule has 1 aliphatic heterocycles. The van der Waals surface area contributed by atoms with Crippen molar-refractivity contribution in [2.24, 2.45) is 0 Å². The number of benzene rings is 2. The molecule has 0 atom stereocenters. The summed E-state index contributed by atoms with van der Waals surface area (Å²) < 4.78 is 5.53. The molecule has 0 spiro atoms. The second kappa shape index (κ2) is 7.17. The van der Waals surface area contributed by atoms with Crippen molar-refractivity contribution in [3.05, 3.63) is 53.6 Å². The van der Waals surface area contributed by atoms with Crippen molar-refractivity contribution in [2.75, 3.05) is 17.2 Å². The van der Waals surface area contributed by atoms with Gasteiger partial charge in [-0.15, -0.1) is 0 Å². The van der Waals surface area contributed by atoms with Crippen molar-refractivity contribution >= 4 is 23.2 Å². The van der Waals surface area contributed by atoms with Crippen LogP contribution in [0.4, 0.5) is 11.4 Å². The van der Waals surface area contributed by atoms with Gasteiger partial charge in [0.05, 0.1) is 12.3 Å². The van der Waals surface area contributed by atoms with E-state index in [4.69, 9.17) is 4.74 Å². The minimum absolute atomic E-state index is 0.0246. The van der Waals surface area contributed by atoms with E-state index in [2.05, 4.69) is 10.6 Å². The molecule has 0 bridgehead atoms. The summed E-state index contributed by atoms with van der Waals surface area (Å²) in [5.41, 5.74) is 3.00. The average molecular weight is 324 g/mol. The summed E-state index contributed by atoms with van der Waals surface area (Å²) in [6, 6.07) is 12.7. The maximum atomic E-state index is 12.6. The summed E-state index contributed by atoms with van der Waals surface area (Å²) in [6.45, 7) is 2.44. The fourth-order valence-electron chi connectivity index (χ4n) is 2.76. The van der Waals surface area contributed by atoms with Crippen LogP contribution >= 0.6 is 0 Å². The molecule has 2 aromatic carbocycles. The number of rotatable bonds is 4. The Bertz CT molecular complexity index is 771. The minimum atomic E-state index is -0.194. The van der Waals surface area contributed by atoms with Crippen LogP contribution in [0.1, 0.15) is 35.7 Å². The topological polar surface area (TPSA) is 67.4 Å². The standard InChI is InChI=1S/C19H20N2O3/c1-2-24-17-8-4-3-7-16(17)21-19(23)14-10-11-15-13(12-14)6-5-9-18(22)20-15/h3-4,7-8,10-12H,2,5-6,9H2,1H3,(H,20,22)(H,21,23). The highest BCUT2D eigenvalue weighted by Gasteiger charge is 2.16. The normalized spacial score (nSPS) is 13.5. The molecule has 0 aliphatic carbocycles. The maximum Gasteiger partial charge on any atom is 0.255 e. The number of ether oxygens (including phenoxy) is 1. The van der Waals surface area contributed by atoms with Crippen LogP contribution in [0.5, 0.6) is 5.75 Å². The first kappa shape index (κ1) is 16.1. The largest absolute Gasteiger partial charge is 0.492 e. The molecular formula is C19H20N2O3. The lowest BCUT2D eigenvalue weighted by Gasteiger charge is -2.12. The molecule has 0 radical (unpaired) electrons. The molecule has 1 heterocycles. The molecule has 0 aromatic heterocycles. The van der Waals surface area contributed by atoms with Crippen LogP contribution in [0.25, 0.3) is 0 Å². The van der Waals surface area contributed by atoms with Gasteiger partial charge in [0.15, 0.2) is 0 Å². The van der Waals surface area contributed by atoms with E-state index in [1.54, 1.807) is 12.1 Å². The monoisotopic (exact) mass is 324 g/mol. The number of hydrogen-bond acceptors (Lipinski definition) is 3. The van der Waals surface area contributed by atoms with Crippen molar-refractivity contribution < 1.29 is 14.3 Å². The van der Waals surface area contributed by atoms with Crippen LogP contribution in [-0.4, -0.2) is 18.4 Å². The molecule has 5 nitrogen and oxygen atoms in total. The second-order valence-corrected chi connectivity index (χ2v) is 5.66. The molecule has 0 saturated heterocycles. The lowest BCUT2D eigenvalue weighted by molar-refractivity contribution is -0.116. The van der Waals surface area contributed by atoms with E-state index in [1.807, 2.05) is 37.3 Å². The third-order valence-electron chi connectivity index (χ3n) is 3.93. The van der Waals surface area contributed by atoms with Gasteiger partial charge in [0.1, 0.15) is 5.75 Å². The molecular weight excluding hydrogens is 304 g/mol. The Kier molecular flexibility index (Phi) is 4.79. The van der Waals surface area contributed by atoms with Crippen molar-refractivity contribution in [2.45, 2.75) is 26.2 Å². The average Bonchev–Trinajstić information content (AvgIpc) is 2.76. The highest BCUT2D eigenvalue weighted by Crippen LogP contribution is 2.26. The number of carbonyl (C=O) groups is 2. The Balaban J connectivity index is 1.81. The molecule has 0 unspecified atom stereocenters. The number of nitrogens with one attached hydrogen (secondary N) is 2. The minimum Gasteiger partial charge on any atom is -0.492 e. The predicted molar refractivity (Wildman–Crippen MR) is 93.6 cm³/mol. The smallest absolute Gasteiger partial charge is 0.255 e. The molecule has 24 heavy (non-hydrogen) atoms. The summed E-state index contributed by atoms with van der Waals surface area (Å²) in [5, 5.41) is 5.76. The van der Waals surface area contributed by atoms with Crippen LogP contribution in [0, 0.1) is 0 Å². The van der Waals surface area contributed by atoms with E-state index in [1.165, 1.54) is 0 Å². The van der Waals surface area contributed by atoms with Crippen LogP contribution in [0.2, 0.25) is 0 Å². The van der Waals surface area contributed by atoms with E-state index < -0.39 is 0 Å². The van der Waals surface area contributed by atoms with Crippen LogP contribution < -0.4 is 15.4 Å². The van der Waals surface area contributed by atoms with Crippen molar-refractivity contribution in [1.29, 1.82) is 0 Å². The number of aryl methyl sites for hydroxylation is 1. The number of carbonyl (C=O) groups excluding carboxylic acids is 2. The molecule has 2 aromatic rings. The van der Waals surface area contributed by atoms with Crippen LogP contribution in [-0.2, 0) is 11.2 Å². The molecule has 124 valence electrons. The zero-order valence-electron chi connectivity index (χ0n) is 13.6. The Morgan fingerprint density at radius 1 is 1.21 bits per heavy atom. The van der Waals surface area contributed by atoms with Crippen molar-refractivity contribution in [3.8, 4) is 5.75 Å². The van der Waals surface area contributed by atoms with Crippen molar-refractivity contribution in [3.63, 3.8) is 0 Å². The highest BCUT2D eigenvalue weighted by atomic mass is 16.5. The fourth-order valence-corrected chi connectivity index (χ4v) is 2.76. The first-order chi connectivity index (χ1) is 11.7. The SMILES string of the molecule is CCOc1ccccc1NC(=O)c1ccc2c(c1)CCCC(=O)N2. The predicted octanol–water partition coefficient (Wildman–Crippen LogP) is 3.61. The summed E-state index contributed by atoms with van der Waals surface area (Å²) in [6.07, 6.45) is 2.08. The van der Waals surface area contributed by atoms with Gasteiger partial charge in [-0.25, -0.2) is 0 Å². The van der Waals surface area contributed by atoms with E-state index >= 15 is 0 Å². The summed E-state index contributed by atoms with van der Waals surface area (Å²) in [5.74, 6) is 0.479. The molecule has 5 heteroatoms. The van der Waals surface area contributed by atoms with Crippen LogP contribution in [0.15, 0.2) is 42.5 Å². The van der Waals surface area contributed by atoms with Gasteiger partial charge >= 0.3 is 0 Å². The summed E-state index contributed by atoms with van der Waals surface area (Å²) in [7, 11) is 0. The molecule has 3 rings (SSSR count). The van der Waals surface area contributed by atoms with E-state index in [9.17, 15) is 9.59 Å². The molecule has 2 N–H and O–H groups in total. The lowest BCUT2D eigenvalue weighted by Crippen LogP contribution is -2.14. The number of fused-ring (bicyclic) bond motifs is 1. The fraction of sp³-hybridized carbons (Fsp3) is 0.263. The zero-order valence-corrected chi connectivity index (χ0v) is 13.6. The van der Waals surface area contributed by atoms with Gasteiger partial charge in [0, 0.05) is 17.7 Å². The third kappa shape index (κ3) is 3.56. The Labute approximate surface area is 141 Å². The third-order valence-corrected chi connectivity index (χ3v) is 3.93. The first-order valence-electron chi connectivity index (χ1n) is 8.13. The maximum absolute atomic E-state index is 12.6. The lowest BCUT2D eigenvalue weighted by atomic mass is 10.0. The van der Waals surface area contributed by atoms with Crippen LogP contribution in [0.3, 0.4) is 0 Å². The first-order valence-corrected chi connectivity index (χ1v) is 8.13. The Morgan fingerprint density at radius 2 is 2.04 bits per heavy atom. The quantitative estimate of drug-likeness (QED) is 0.903. The van der Waals surface area contributed by atoms with Gasteiger partial charge < -0.3 is 15.4 Å². The van der Waals surface area contributed by atoms with Gasteiger partial charge in [0.25, 0.3) is 5.91 Å². The van der Waals surface area contributed by atoms with Gasteiger partial charge in [0.2, 0.25) is 5.91 Å². The number of amides is 2. The van der Waals surface area contributed by atoms with Gasteiger partial charge in [-0.2, -0.15) is 0 Å². The van der Waals surface area contributed by atoms with E-state index in [0.717, 1.165) is 24.1 Å². The zero-order chi connectivity index (χ0) is 16.9. The Hall–Kier alpha value is -2.82.